The van der Waals surface area contributed by atoms with Crippen LogP contribution in [0.15, 0.2) is 0 Å². The van der Waals surface area contributed by atoms with E-state index >= 15 is 0 Å². The number of carbonyl (C=O) groups is 1. The van der Waals surface area contributed by atoms with Gasteiger partial charge in [0.2, 0.25) is 0 Å². The highest BCUT2D eigenvalue weighted by atomic mass is 16.1. The summed E-state index contributed by atoms with van der Waals surface area (Å²) in [5.41, 5.74) is 0. The number of carbonyl (C=O) groups excluding carboxylic acids is 2. The van der Waals surface area contributed by atoms with Gasteiger partial charge < -0.3 is 9.69 Å². The van der Waals surface area contributed by atoms with E-state index in [9.17, 15) is 9.59 Å². The molecule has 0 N–H and O–H groups in total. The Morgan fingerprint density at radius 2 is 1.91 bits per heavy atom. The molecule has 0 aliphatic carbocycles. The van der Waals surface area contributed by atoms with Crippen molar-refractivity contribution in [3.05, 3.63) is 0 Å². The monoisotopic (exact) mass is 155 g/mol. The van der Waals surface area contributed by atoms with Crippen LogP contribution in [0.1, 0.15) is 0 Å². The molecule has 1 saturated heterocycles. The van der Waals surface area contributed by atoms with Crippen molar-refractivity contribution in [3.8, 4) is 0 Å². The summed E-state index contributed by atoms with van der Waals surface area (Å²) in [4.78, 5) is 23.8. The third-order valence-electron chi connectivity index (χ3n) is 1.83. The fourth-order valence-electron chi connectivity index (χ4n) is 1.13. The summed E-state index contributed by atoms with van der Waals surface area (Å²) < 4.78 is 0. The lowest BCUT2D eigenvalue weighted by atomic mass is 10.3. The third-order valence-corrected chi connectivity index (χ3v) is 1.83. The quantitative estimate of drug-likeness (QED) is 0.484. The van der Waals surface area contributed by atoms with Gasteiger partial charge in [0.25, 0.3) is 0 Å². The molecule has 1 aliphatic heterocycles. The normalized spacial score (nSPS) is 19.8. The molecule has 61 valence electrons. The van der Waals surface area contributed by atoms with Crippen molar-refractivity contribution in [2.45, 2.75) is 0 Å². The predicted octanol–water partition coefficient (Wildman–Crippen LogP) is -1.13. The van der Waals surface area contributed by atoms with Crippen molar-refractivity contribution >= 4 is 12.7 Å². The number of rotatable bonds is 3. The molecule has 0 aromatic carbocycles. The molecule has 0 aromatic heterocycles. The van der Waals surface area contributed by atoms with E-state index in [0.717, 1.165) is 19.4 Å². The molecule has 1 radical (unpaired) electrons. The lowest BCUT2D eigenvalue weighted by Crippen LogP contribution is -2.46. The molecule has 0 unspecified atom stereocenters. The highest BCUT2D eigenvalue weighted by Gasteiger charge is 2.14. The van der Waals surface area contributed by atoms with E-state index in [-0.39, 0.29) is 0 Å². The Hall–Kier alpha value is -0.900. The first kappa shape index (κ1) is 8.20. The third kappa shape index (κ3) is 2.31. The van der Waals surface area contributed by atoms with E-state index in [1.54, 1.807) is 4.90 Å². The topological polar surface area (TPSA) is 40.6 Å². The molecule has 1 fully saturated rings. The van der Waals surface area contributed by atoms with Gasteiger partial charge >= 0.3 is 6.41 Å². The van der Waals surface area contributed by atoms with E-state index in [1.165, 1.54) is 0 Å². The minimum Gasteiger partial charge on any atom is -0.332 e. The summed E-state index contributed by atoms with van der Waals surface area (Å²) in [6, 6.07) is 0. The number of amides is 1. The Morgan fingerprint density at radius 1 is 1.27 bits per heavy atom. The molecule has 1 rings (SSSR count). The average Bonchev–Trinajstić information content (AvgIpc) is 2.07. The van der Waals surface area contributed by atoms with Gasteiger partial charge in [0.15, 0.2) is 0 Å². The number of nitrogens with zero attached hydrogens (tertiary/aromatic N) is 2. The zero-order valence-corrected chi connectivity index (χ0v) is 6.32. The molecule has 0 saturated carbocycles. The Morgan fingerprint density at radius 3 is 2.36 bits per heavy atom. The largest absolute Gasteiger partial charge is 0.332 e. The minimum absolute atomic E-state index is 0.479. The van der Waals surface area contributed by atoms with Crippen LogP contribution >= 0.6 is 0 Å². The summed E-state index contributed by atoms with van der Waals surface area (Å²) >= 11 is 0. The molecule has 1 heterocycles. The number of hydrogen-bond donors (Lipinski definition) is 0. The minimum atomic E-state index is 0.479. The average molecular weight is 155 g/mol. The van der Waals surface area contributed by atoms with Gasteiger partial charge in [0.05, 0.1) is 6.54 Å². The first-order chi connectivity index (χ1) is 5.36. The fourth-order valence-corrected chi connectivity index (χ4v) is 1.13. The van der Waals surface area contributed by atoms with Crippen LogP contribution in [0.3, 0.4) is 0 Å². The second-order valence-corrected chi connectivity index (χ2v) is 2.55. The Kier molecular flexibility index (Phi) is 3.04. The Balaban J connectivity index is 2.23. The van der Waals surface area contributed by atoms with Crippen molar-refractivity contribution in [1.29, 1.82) is 0 Å². The molecule has 0 spiro atoms. The summed E-state index contributed by atoms with van der Waals surface area (Å²) in [5.74, 6) is 0. The first-order valence-electron chi connectivity index (χ1n) is 3.65. The van der Waals surface area contributed by atoms with Crippen molar-refractivity contribution < 1.29 is 9.59 Å². The van der Waals surface area contributed by atoms with Gasteiger partial charge in [-0.1, -0.05) is 0 Å². The standard InChI is InChI=1S/C7H11N2O2/c10-6-5-8-1-3-9(7-11)4-2-8/h6H,1-5H2. The molecule has 0 atom stereocenters. The number of aldehydes is 1. The molecular weight excluding hydrogens is 144 g/mol. The maximum absolute atomic E-state index is 10.1. The van der Waals surface area contributed by atoms with Gasteiger partial charge in [-0.05, 0) is 0 Å². The van der Waals surface area contributed by atoms with Gasteiger partial charge in [-0.3, -0.25) is 9.69 Å². The summed E-state index contributed by atoms with van der Waals surface area (Å²) in [6.07, 6.45) is 2.72. The van der Waals surface area contributed by atoms with Crippen LogP contribution in [0.2, 0.25) is 0 Å². The highest BCUT2D eigenvalue weighted by molar-refractivity contribution is 5.52. The van der Waals surface area contributed by atoms with Crippen molar-refractivity contribution in [1.82, 2.24) is 9.80 Å². The van der Waals surface area contributed by atoms with Crippen molar-refractivity contribution in [2.75, 3.05) is 32.7 Å². The van der Waals surface area contributed by atoms with Gasteiger partial charge in [0.1, 0.15) is 6.29 Å². The SMILES string of the molecule is O=[C]N1CCN(CC=O)CC1. The maximum Gasteiger partial charge on any atom is 0.312 e. The maximum atomic E-state index is 10.1. The van der Waals surface area contributed by atoms with Gasteiger partial charge in [-0.2, -0.15) is 0 Å². The lowest BCUT2D eigenvalue weighted by molar-refractivity contribution is -0.109. The number of hydrogen-bond acceptors (Lipinski definition) is 3. The Bertz CT molecular complexity index is 141. The van der Waals surface area contributed by atoms with Crippen molar-refractivity contribution in [2.24, 2.45) is 0 Å². The molecule has 0 aromatic rings. The molecule has 11 heavy (non-hydrogen) atoms. The van der Waals surface area contributed by atoms with Crippen LogP contribution in [-0.2, 0) is 9.59 Å². The first-order valence-corrected chi connectivity index (χ1v) is 3.65. The summed E-state index contributed by atoms with van der Waals surface area (Å²) in [5, 5.41) is 0. The molecule has 1 aliphatic rings. The van der Waals surface area contributed by atoms with Gasteiger partial charge in [-0.15, -0.1) is 0 Å². The van der Waals surface area contributed by atoms with Crippen LogP contribution in [-0.4, -0.2) is 55.2 Å². The second-order valence-electron chi connectivity index (χ2n) is 2.55. The molecular formula is C7H11N2O2. The van der Waals surface area contributed by atoms with E-state index in [1.807, 2.05) is 11.3 Å². The van der Waals surface area contributed by atoms with E-state index < -0.39 is 0 Å². The molecule has 4 heteroatoms. The van der Waals surface area contributed by atoms with Gasteiger partial charge in [0, 0.05) is 26.2 Å². The highest BCUT2D eigenvalue weighted by Crippen LogP contribution is 1.96. The molecule has 1 amide bonds. The zero-order valence-electron chi connectivity index (χ0n) is 6.32. The van der Waals surface area contributed by atoms with E-state index in [2.05, 4.69) is 0 Å². The summed E-state index contributed by atoms with van der Waals surface area (Å²) in [7, 11) is 0. The smallest absolute Gasteiger partial charge is 0.312 e. The van der Waals surface area contributed by atoms with E-state index in [4.69, 9.17) is 0 Å². The Labute approximate surface area is 65.8 Å². The van der Waals surface area contributed by atoms with Gasteiger partial charge in [-0.25, -0.2) is 0 Å². The van der Waals surface area contributed by atoms with Crippen LogP contribution in [0, 0.1) is 0 Å². The lowest BCUT2D eigenvalue weighted by Gasteiger charge is -2.30. The van der Waals surface area contributed by atoms with Crippen LogP contribution < -0.4 is 0 Å². The zero-order chi connectivity index (χ0) is 8.10. The molecule has 4 nitrogen and oxygen atoms in total. The summed E-state index contributed by atoms with van der Waals surface area (Å²) in [6.45, 7) is 3.43. The van der Waals surface area contributed by atoms with E-state index in [0.29, 0.717) is 19.6 Å². The second kappa shape index (κ2) is 4.08. The van der Waals surface area contributed by atoms with Crippen molar-refractivity contribution in [3.63, 3.8) is 0 Å². The predicted molar refractivity (Wildman–Crippen MR) is 39.8 cm³/mol. The van der Waals surface area contributed by atoms with Crippen LogP contribution in [0.5, 0.6) is 0 Å². The fraction of sp³-hybridized carbons (Fsp3) is 0.714. The molecule has 0 bridgehead atoms. The van der Waals surface area contributed by atoms with Crippen LogP contribution in [0.4, 0.5) is 0 Å². The number of piperazine rings is 1. The van der Waals surface area contributed by atoms with Crippen LogP contribution in [0.25, 0.3) is 0 Å².